The van der Waals surface area contributed by atoms with Gasteiger partial charge in [0.05, 0.1) is 17.8 Å². The molecule has 0 saturated carbocycles. The lowest BCUT2D eigenvalue weighted by Gasteiger charge is -2.08. The first-order valence-electron chi connectivity index (χ1n) is 4.41. The van der Waals surface area contributed by atoms with Gasteiger partial charge in [0.1, 0.15) is 6.04 Å². The van der Waals surface area contributed by atoms with Gasteiger partial charge in [-0.2, -0.15) is 5.10 Å². The molecule has 0 bridgehead atoms. The predicted octanol–water partition coefficient (Wildman–Crippen LogP) is 1.83. The van der Waals surface area contributed by atoms with Gasteiger partial charge >= 0.3 is 5.97 Å². The van der Waals surface area contributed by atoms with E-state index in [9.17, 15) is 4.79 Å². The van der Waals surface area contributed by atoms with E-state index in [1.54, 1.807) is 13.1 Å². The van der Waals surface area contributed by atoms with Gasteiger partial charge in [-0.3, -0.25) is 4.68 Å². The number of aromatic nitrogens is 2. The molecule has 1 aromatic rings. The van der Waals surface area contributed by atoms with Gasteiger partial charge in [0, 0.05) is 6.20 Å². The summed E-state index contributed by atoms with van der Waals surface area (Å²) in [5, 5.41) is 4.77. The van der Waals surface area contributed by atoms with Crippen LogP contribution in [0.5, 0.6) is 0 Å². The van der Waals surface area contributed by atoms with Crippen LogP contribution in [0, 0.1) is 0 Å². The summed E-state index contributed by atoms with van der Waals surface area (Å²) in [7, 11) is 1.35. The fourth-order valence-corrected chi connectivity index (χ4v) is 1.39. The monoisotopic (exact) mass is 216 g/mol. The Balaban J connectivity index is 2.90. The van der Waals surface area contributed by atoms with Gasteiger partial charge in [0.2, 0.25) is 0 Å². The van der Waals surface area contributed by atoms with Gasteiger partial charge < -0.3 is 4.74 Å². The van der Waals surface area contributed by atoms with Gasteiger partial charge in [-0.15, -0.1) is 0 Å². The van der Waals surface area contributed by atoms with Crippen LogP contribution in [-0.4, -0.2) is 22.9 Å². The molecule has 1 rings (SSSR count). The zero-order chi connectivity index (χ0) is 10.7. The van der Waals surface area contributed by atoms with Crippen molar-refractivity contribution in [1.29, 1.82) is 0 Å². The minimum Gasteiger partial charge on any atom is -0.467 e. The maximum absolute atomic E-state index is 11.2. The fraction of sp³-hybridized carbons (Fsp3) is 0.556. The normalized spacial score (nSPS) is 12.6. The van der Waals surface area contributed by atoms with Crippen LogP contribution in [0.25, 0.3) is 0 Å². The first-order valence-corrected chi connectivity index (χ1v) is 4.79. The molecule has 78 valence electrons. The van der Waals surface area contributed by atoms with Crippen molar-refractivity contribution in [2.75, 3.05) is 7.11 Å². The topological polar surface area (TPSA) is 44.1 Å². The highest BCUT2D eigenvalue weighted by molar-refractivity contribution is 6.31. The van der Waals surface area contributed by atoms with Gasteiger partial charge in [-0.1, -0.05) is 18.5 Å². The molecular weight excluding hydrogens is 204 g/mol. The summed E-state index contributed by atoms with van der Waals surface area (Å²) in [4.78, 5) is 11.2. The molecule has 1 unspecified atom stereocenters. The first-order chi connectivity index (χ1) is 6.60. The quantitative estimate of drug-likeness (QED) is 0.725. The molecular formula is C9H13ClN2O2. The molecule has 0 aliphatic carbocycles. The molecule has 1 aromatic heterocycles. The van der Waals surface area contributed by atoms with Crippen LogP contribution in [0.1, 0.15) is 25.6 Å². The van der Waals surface area contributed by atoms with Crippen LogP contribution in [0.15, 0.2) is 6.20 Å². The van der Waals surface area contributed by atoms with Crippen LogP contribution in [0.2, 0.25) is 5.02 Å². The Morgan fingerprint density at radius 3 is 2.86 bits per heavy atom. The van der Waals surface area contributed by atoms with E-state index in [4.69, 9.17) is 11.6 Å². The number of carbonyl (C=O) groups is 1. The second kappa shape index (κ2) is 4.46. The highest BCUT2D eigenvalue weighted by Gasteiger charge is 2.17. The standard InChI is InChI=1S/C9H13ClN2O2/c1-4-8-7(10)5-12(11-8)6(2)9(13)14-3/h5-6H,4H2,1-3H3. The van der Waals surface area contributed by atoms with Crippen LogP contribution >= 0.6 is 11.6 Å². The number of rotatable bonds is 3. The Morgan fingerprint density at radius 1 is 1.79 bits per heavy atom. The zero-order valence-corrected chi connectivity index (χ0v) is 9.21. The molecule has 0 spiro atoms. The minimum atomic E-state index is -0.433. The van der Waals surface area contributed by atoms with Crippen molar-refractivity contribution in [3.63, 3.8) is 0 Å². The van der Waals surface area contributed by atoms with E-state index in [0.717, 1.165) is 12.1 Å². The number of hydrogen-bond acceptors (Lipinski definition) is 3. The summed E-state index contributed by atoms with van der Waals surface area (Å²) < 4.78 is 6.13. The van der Waals surface area contributed by atoms with Gasteiger partial charge in [0.25, 0.3) is 0 Å². The molecule has 0 aromatic carbocycles. The zero-order valence-electron chi connectivity index (χ0n) is 8.45. The number of hydrogen-bond donors (Lipinski definition) is 0. The Hall–Kier alpha value is -1.03. The Morgan fingerprint density at radius 2 is 2.43 bits per heavy atom. The van der Waals surface area contributed by atoms with E-state index in [1.165, 1.54) is 11.8 Å². The van der Waals surface area contributed by atoms with Crippen molar-refractivity contribution < 1.29 is 9.53 Å². The Labute approximate surface area is 87.8 Å². The molecule has 0 radical (unpaired) electrons. The van der Waals surface area contributed by atoms with Gasteiger partial charge in [0.15, 0.2) is 0 Å². The lowest BCUT2D eigenvalue weighted by molar-refractivity contribution is -0.144. The average Bonchev–Trinajstić information content (AvgIpc) is 2.57. The van der Waals surface area contributed by atoms with E-state index in [-0.39, 0.29) is 5.97 Å². The van der Waals surface area contributed by atoms with Gasteiger partial charge in [-0.05, 0) is 13.3 Å². The van der Waals surface area contributed by atoms with Crippen LogP contribution < -0.4 is 0 Å². The van der Waals surface area contributed by atoms with E-state index in [1.807, 2.05) is 6.92 Å². The predicted molar refractivity (Wildman–Crippen MR) is 53.3 cm³/mol. The molecule has 0 aliphatic rings. The largest absolute Gasteiger partial charge is 0.467 e. The third-order valence-corrected chi connectivity index (χ3v) is 2.35. The number of nitrogens with zero attached hydrogens (tertiary/aromatic N) is 2. The van der Waals surface area contributed by atoms with Crippen LogP contribution in [0.4, 0.5) is 0 Å². The minimum absolute atomic E-state index is 0.327. The SMILES string of the molecule is CCc1nn(C(C)C(=O)OC)cc1Cl. The number of methoxy groups -OCH3 is 1. The summed E-state index contributed by atoms with van der Waals surface area (Å²) >= 11 is 5.90. The third-order valence-electron chi connectivity index (χ3n) is 2.03. The van der Waals surface area contributed by atoms with Crippen molar-refractivity contribution in [3.8, 4) is 0 Å². The molecule has 5 heteroatoms. The molecule has 0 amide bonds. The second-order valence-electron chi connectivity index (χ2n) is 2.96. The lowest BCUT2D eigenvalue weighted by Crippen LogP contribution is -2.18. The number of ether oxygens (including phenoxy) is 1. The molecule has 0 aliphatic heterocycles. The molecule has 1 heterocycles. The molecule has 14 heavy (non-hydrogen) atoms. The molecule has 0 saturated heterocycles. The highest BCUT2D eigenvalue weighted by Crippen LogP contribution is 2.17. The van der Waals surface area contributed by atoms with E-state index >= 15 is 0 Å². The number of aryl methyl sites for hydroxylation is 1. The van der Waals surface area contributed by atoms with Crippen molar-refractivity contribution in [1.82, 2.24) is 9.78 Å². The third kappa shape index (κ3) is 2.07. The highest BCUT2D eigenvalue weighted by atomic mass is 35.5. The molecule has 1 atom stereocenters. The summed E-state index contributed by atoms with van der Waals surface area (Å²) in [6, 6.07) is -0.433. The summed E-state index contributed by atoms with van der Waals surface area (Å²) in [6.45, 7) is 3.68. The van der Waals surface area contributed by atoms with Crippen LogP contribution in [0.3, 0.4) is 0 Å². The van der Waals surface area contributed by atoms with E-state index < -0.39 is 6.04 Å². The lowest BCUT2D eigenvalue weighted by atomic mass is 10.3. The second-order valence-corrected chi connectivity index (χ2v) is 3.36. The van der Waals surface area contributed by atoms with Crippen molar-refractivity contribution in [2.24, 2.45) is 0 Å². The maximum atomic E-state index is 11.2. The number of halogens is 1. The van der Waals surface area contributed by atoms with E-state index in [2.05, 4.69) is 9.84 Å². The maximum Gasteiger partial charge on any atom is 0.330 e. The fourth-order valence-electron chi connectivity index (χ4n) is 1.12. The summed E-state index contributed by atoms with van der Waals surface area (Å²) in [5.41, 5.74) is 0.794. The summed E-state index contributed by atoms with van der Waals surface area (Å²) in [5.74, 6) is -0.327. The first kappa shape index (κ1) is 11.0. The van der Waals surface area contributed by atoms with Crippen molar-refractivity contribution >= 4 is 17.6 Å². The smallest absolute Gasteiger partial charge is 0.330 e. The number of esters is 1. The van der Waals surface area contributed by atoms with Gasteiger partial charge in [-0.25, -0.2) is 4.79 Å². The average molecular weight is 217 g/mol. The summed E-state index contributed by atoms with van der Waals surface area (Å²) in [6.07, 6.45) is 2.39. The van der Waals surface area contributed by atoms with E-state index in [0.29, 0.717) is 5.02 Å². The Bertz CT molecular complexity index is 336. The van der Waals surface area contributed by atoms with Crippen molar-refractivity contribution in [2.45, 2.75) is 26.3 Å². The molecule has 0 N–H and O–H groups in total. The van der Waals surface area contributed by atoms with Crippen LogP contribution in [-0.2, 0) is 16.0 Å². The molecule has 4 nitrogen and oxygen atoms in total. The Kier molecular flexibility index (Phi) is 3.52. The number of carbonyl (C=O) groups excluding carboxylic acids is 1. The molecule has 0 fully saturated rings. The van der Waals surface area contributed by atoms with Crippen molar-refractivity contribution in [3.05, 3.63) is 16.9 Å².